The quantitative estimate of drug-likeness (QED) is 0.624. The Morgan fingerprint density at radius 1 is 1.03 bits per heavy atom. The minimum absolute atomic E-state index is 0.262. The van der Waals surface area contributed by atoms with Crippen LogP contribution in [0.3, 0.4) is 0 Å². The number of nitrogens with one attached hydrogen (secondary N) is 1. The van der Waals surface area contributed by atoms with E-state index in [2.05, 4.69) is 10.2 Å². The highest BCUT2D eigenvalue weighted by molar-refractivity contribution is 6.31. The minimum atomic E-state index is 0.262. The Bertz CT molecular complexity index is 831. The first kappa shape index (κ1) is 20.2. The summed E-state index contributed by atoms with van der Waals surface area (Å²) in [6, 6.07) is 4.20. The van der Waals surface area contributed by atoms with Crippen molar-refractivity contribution in [2.75, 3.05) is 19.9 Å². The minimum Gasteiger partial charge on any atom is -0.454 e. The van der Waals surface area contributed by atoms with Crippen LogP contribution in [0.25, 0.3) is 0 Å². The van der Waals surface area contributed by atoms with Crippen LogP contribution in [0.2, 0.25) is 5.02 Å². The summed E-state index contributed by atoms with van der Waals surface area (Å²) >= 11 is 6.40. The van der Waals surface area contributed by atoms with Crippen molar-refractivity contribution >= 4 is 17.5 Å². The first-order valence-electron chi connectivity index (χ1n) is 12.2. The average molecular weight is 445 g/mol. The monoisotopic (exact) mass is 444 g/mol. The van der Waals surface area contributed by atoms with Crippen molar-refractivity contribution < 1.29 is 14.3 Å². The third-order valence-corrected chi connectivity index (χ3v) is 9.15. The van der Waals surface area contributed by atoms with Crippen LogP contribution in [0.5, 0.6) is 11.5 Å². The molecular formula is C25H33ClN2O3. The van der Waals surface area contributed by atoms with E-state index in [1.54, 1.807) is 0 Å². The van der Waals surface area contributed by atoms with Crippen molar-refractivity contribution in [1.29, 1.82) is 0 Å². The van der Waals surface area contributed by atoms with Crippen molar-refractivity contribution in [2.45, 2.75) is 64.0 Å². The normalized spacial score (nSPS) is 35.4. The molecule has 31 heavy (non-hydrogen) atoms. The Balaban J connectivity index is 1.03. The van der Waals surface area contributed by atoms with Crippen LogP contribution < -0.4 is 14.8 Å². The lowest BCUT2D eigenvalue weighted by Gasteiger charge is -2.55. The number of benzene rings is 1. The lowest BCUT2D eigenvalue weighted by molar-refractivity contribution is -0.132. The maximum Gasteiger partial charge on any atom is 0.231 e. The third-order valence-electron chi connectivity index (χ3n) is 8.79. The summed E-state index contributed by atoms with van der Waals surface area (Å²) in [7, 11) is 0. The molecule has 4 bridgehead atoms. The van der Waals surface area contributed by atoms with E-state index in [4.69, 9.17) is 21.1 Å². The molecule has 5 fully saturated rings. The van der Waals surface area contributed by atoms with Gasteiger partial charge in [0.25, 0.3) is 0 Å². The zero-order valence-electron chi connectivity index (χ0n) is 18.2. The van der Waals surface area contributed by atoms with Crippen molar-refractivity contribution in [3.8, 4) is 11.5 Å². The molecule has 7 rings (SSSR count). The predicted molar refractivity (Wildman–Crippen MR) is 119 cm³/mol. The summed E-state index contributed by atoms with van der Waals surface area (Å²) in [4.78, 5) is 15.0. The van der Waals surface area contributed by atoms with Crippen LogP contribution in [-0.4, -0.2) is 36.7 Å². The Hall–Kier alpha value is -1.46. The number of carbonyl (C=O) groups is 1. The van der Waals surface area contributed by atoms with Crippen LogP contribution in [0, 0.1) is 29.6 Å². The molecule has 168 valence electrons. The number of hydrogen-bond acceptors (Lipinski definition) is 4. The van der Waals surface area contributed by atoms with Gasteiger partial charge in [-0.05, 0) is 92.7 Å². The van der Waals surface area contributed by atoms with Gasteiger partial charge in [0.2, 0.25) is 12.7 Å². The van der Waals surface area contributed by atoms with Crippen LogP contribution in [0.4, 0.5) is 0 Å². The van der Waals surface area contributed by atoms with Gasteiger partial charge < -0.3 is 19.7 Å². The van der Waals surface area contributed by atoms with E-state index in [0.29, 0.717) is 23.5 Å². The number of nitrogens with zero attached hydrogens (tertiary/aromatic N) is 1. The topological polar surface area (TPSA) is 50.8 Å². The number of amides is 1. The van der Waals surface area contributed by atoms with Gasteiger partial charge >= 0.3 is 0 Å². The predicted octanol–water partition coefficient (Wildman–Crippen LogP) is 4.61. The Kier molecular flexibility index (Phi) is 5.30. The molecule has 2 heterocycles. The smallest absolute Gasteiger partial charge is 0.231 e. The van der Waals surface area contributed by atoms with Gasteiger partial charge in [-0.15, -0.1) is 0 Å². The van der Waals surface area contributed by atoms with E-state index in [1.807, 2.05) is 12.1 Å². The average Bonchev–Trinajstić information content (AvgIpc) is 3.33. The van der Waals surface area contributed by atoms with Crippen molar-refractivity contribution in [3.63, 3.8) is 0 Å². The second-order valence-corrected chi connectivity index (χ2v) is 11.0. The summed E-state index contributed by atoms with van der Waals surface area (Å²) in [5.41, 5.74) is 1.03. The lowest BCUT2D eigenvalue weighted by Crippen LogP contribution is -2.50. The molecule has 2 aliphatic heterocycles. The number of hydrogen-bond donors (Lipinski definition) is 1. The van der Waals surface area contributed by atoms with E-state index in [1.165, 1.54) is 32.1 Å². The van der Waals surface area contributed by atoms with E-state index in [-0.39, 0.29) is 6.79 Å². The zero-order valence-corrected chi connectivity index (χ0v) is 18.9. The highest BCUT2D eigenvalue weighted by Crippen LogP contribution is 2.56. The van der Waals surface area contributed by atoms with Gasteiger partial charge in [0.15, 0.2) is 11.5 Å². The molecule has 1 saturated heterocycles. The molecular weight excluding hydrogens is 412 g/mol. The molecule has 5 nitrogen and oxygen atoms in total. The molecule has 0 spiro atoms. The van der Waals surface area contributed by atoms with E-state index >= 15 is 0 Å². The number of fused-ring (bicyclic) bond motifs is 1. The Morgan fingerprint density at radius 3 is 2.48 bits per heavy atom. The molecule has 1 aromatic carbocycles. The molecule has 6 heteroatoms. The van der Waals surface area contributed by atoms with Crippen LogP contribution >= 0.6 is 11.6 Å². The lowest BCUT2D eigenvalue weighted by atomic mass is 9.52. The molecule has 0 aromatic heterocycles. The summed E-state index contributed by atoms with van der Waals surface area (Å²) in [6.45, 7) is 2.87. The number of halogens is 1. The molecule has 1 amide bonds. The Labute approximate surface area is 189 Å². The molecule has 6 aliphatic rings. The van der Waals surface area contributed by atoms with Crippen molar-refractivity contribution in [2.24, 2.45) is 29.6 Å². The summed E-state index contributed by atoms with van der Waals surface area (Å²) in [6.07, 6.45) is 9.98. The first-order chi connectivity index (χ1) is 15.1. The van der Waals surface area contributed by atoms with E-state index < -0.39 is 0 Å². The van der Waals surface area contributed by atoms with Crippen LogP contribution in [0.1, 0.15) is 56.9 Å². The largest absolute Gasteiger partial charge is 0.454 e. The number of ether oxygens (including phenoxy) is 2. The highest BCUT2D eigenvalue weighted by Gasteiger charge is 2.49. The van der Waals surface area contributed by atoms with Gasteiger partial charge in [0.05, 0.1) is 0 Å². The number of rotatable bonds is 7. The van der Waals surface area contributed by atoms with Gasteiger partial charge in [0, 0.05) is 36.6 Å². The summed E-state index contributed by atoms with van der Waals surface area (Å²) in [5, 5.41) is 4.24. The maximum absolute atomic E-state index is 12.7. The fourth-order valence-corrected chi connectivity index (χ4v) is 7.71. The molecule has 1 atom stereocenters. The highest BCUT2D eigenvalue weighted by atomic mass is 35.5. The van der Waals surface area contributed by atoms with Crippen LogP contribution in [0.15, 0.2) is 12.1 Å². The molecule has 0 radical (unpaired) electrons. The number of likely N-dealkylation sites (tertiary alicyclic amines) is 1. The van der Waals surface area contributed by atoms with Crippen molar-refractivity contribution in [1.82, 2.24) is 10.2 Å². The van der Waals surface area contributed by atoms with Gasteiger partial charge in [-0.3, -0.25) is 4.79 Å². The zero-order chi connectivity index (χ0) is 20.9. The summed E-state index contributed by atoms with van der Waals surface area (Å²) < 4.78 is 10.9. The fourth-order valence-electron chi connectivity index (χ4n) is 7.49. The molecule has 4 saturated carbocycles. The Morgan fingerprint density at radius 2 is 1.74 bits per heavy atom. The van der Waals surface area contributed by atoms with Gasteiger partial charge in [0.1, 0.15) is 0 Å². The fraction of sp³-hybridized carbons (Fsp3) is 0.720. The van der Waals surface area contributed by atoms with E-state index in [0.717, 1.165) is 79.0 Å². The van der Waals surface area contributed by atoms with Crippen molar-refractivity contribution in [3.05, 3.63) is 22.7 Å². The number of carbonyl (C=O) groups excluding carboxylic acids is 1. The summed E-state index contributed by atoms with van der Waals surface area (Å²) in [5.74, 6) is 6.40. The van der Waals surface area contributed by atoms with Gasteiger partial charge in [-0.1, -0.05) is 11.6 Å². The standard InChI is InChI=1S/C25H33ClN2O3/c26-22-11-24-23(30-14-31-24)10-19(22)12-27-4-3-20-1-2-25(29)28(20)13-21-17-6-15-5-16(8-17)9-18(21)7-15/h10-11,15-18,20-21,27H,1-9,12-14H2/t15?,16?,17?,18?,20-,21?/m1/s1. The molecule has 0 unspecified atom stereocenters. The third kappa shape index (κ3) is 3.82. The van der Waals surface area contributed by atoms with Gasteiger partial charge in [-0.25, -0.2) is 0 Å². The molecule has 4 aliphatic carbocycles. The van der Waals surface area contributed by atoms with E-state index in [9.17, 15) is 4.79 Å². The second-order valence-electron chi connectivity index (χ2n) is 10.6. The van der Waals surface area contributed by atoms with Gasteiger partial charge in [-0.2, -0.15) is 0 Å². The second kappa shape index (κ2) is 8.15. The SMILES string of the molecule is O=C1CC[C@H](CCNCc2cc3c(cc2Cl)OCO3)N1CC1C2CC3CC(C2)CC1C3. The molecule has 1 N–H and O–H groups in total. The maximum atomic E-state index is 12.7. The molecule has 1 aromatic rings. The van der Waals surface area contributed by atoms with Crippen LogP contribution in [-0.2, 0) is 11.3 Å². The first-order valence-corrected chi connectivity index (χ1v) is 12.6.